The van der Waals surface area contributed by atoms with Gasteiger partial charge in [-0.15, -0.1) is 5.10 Å². The molecule has 0 amide bonds. The topological polar surface area (TPSA) is 57.0 Å². The molecule has 0 spiro atoms. The number of carbonyl (C=O) groups excluding carboxylic acids is 1. The zero-order chi connectivity index (χ0) is 18.6. The molecule has 0 aliphatic heterocycles. The fourth-order valence-electron chi connectivity index (χ4n) is 2.89. The summed E-state index contributed by atoms with van der Waals surface area (Å²) in [5, 5.41) is 8.48. The van der Waals surface area contributed by atoms with Gasteiger partial charge >= 0.3 is 0 Å². The number of nitrogens with zero attached hydrogens (tertiary/aromatic N) is 3. The molecule has 4 rings (SSSR count). The Morgan fingerprint density at radius 1 is 0.889 bits per heavy atom. The lowest BCUT2D eigenvalue weighted by Gasteiger charge is -2.09. The number of rotatable bonds is 5. The zero-order valence-corrected chi connectivity index (χ0v) is 14.7. The van der Waals surface area contributed by atoms with Gasteiger partial charge in [0.1, 0.15) is 11.3 Å². The minimum Gasteiger partial charge on any atom is -0.497 e. The molecule has 132 valence electrons. The van der Waals surface area contributed by atoms with E-state index in [-0.39, 0.29) is 5.78 Å². The normalized spacial score (nSPS) is 11.5. The molecule has 4 aromatic rings. The van der Waals surface area contributed by atoms with Crippen LogP contribution in [-0.2, 0) is 0 Å². The van der Waals surface area contributed by atoms with Crippen LogP contribution in [0.1, 0.15) is 15.9 Å². The van der Waals surface area contributed by atoms with Crippen molar-refractivity contribution in [1.82, 2.24) is 15.0 Å². The molecule has 1 aromatic heterocycles. The van der Waals surface area contributed by atoms with Gasteiger partial charge in [-0.1, -0.05) is 47.7 Å². The second-order valence-corrected chi connectivity index (χ2v) is 5.98. The van der Waals surface area contributed by atoms with Gasteiger partial charge in [0.2, 0.25) is 0 Å². The Bertz CT molecular complexity index is 1110. The van der Waals surface area contributed by atoms with Crippen LogP contribution >= 0.6 is 0 Å². The molecule has 3 aromatic carbocycles. The van der Waals surface area contributed by atoms with Crippen LogP contribution in [0.5, 0.6) is 5.75 Å². The van der Waals surface area contributed by atoms with E-state index in [1.165, 1.54) is 0 Å². The first-order valence-corrected chi connectivity index (χ1v) is 8.52. The second-order valence-electron chi connectivity index (χ2n) is 5.98. The van der Waals surface area contributed by atoms with Gasteiger partial charge in [0.15, 0.2) is 5.78 Å². The fourth-order valence-corrected chi connectivity index (χ4v) is 2.89. The van der Waals surface area contributed by atoms with Gasteiger partial charge in [0.25, 0.3) is 0 Å². The average Bonchev–Trinajstić information content (AvgIpc) is 3.16. The lowest BCUT2D eigenvalue weighted by atomic mass is 10.1. The first kappa shape index (κ1) is 16.7. The number of benzene rings is 3. The molecule has 5 nitrogen and oxygen atoms in total. The second kappa shape index (κ2) is 7.25. The van der Waals surface area contributed by atoms with E-state index in [0.717, 1.165) is 16.6 Å². The minimum absolute atomic E-state index is 0.115. The Morgan fingerprint density at radius 3 is 2.33 bits per heavy atom. The van der Waals surface area contributed by atoms with E-state index in [2.05, 4.69) is 10.3 Å². The van der Waals surface area contributed by atoms with Gasteiger partial charge in [-0.05, 0) is 36.4 Å². The summed E-state index contributed by atoms with van der Waals surface area (Å²) in [7, 11) is 1.60. The maximum Gasteiger partial charge on any atom is 0.188 e. The number of allylic oxidation sites excluding steroid dienone is 1. The molecule has 0 aliphatic carbocycles. The van der Waals surface area contributed by atoms with Gasteiger partial charge in [-0.3, -0.25) is 4.79 Å². The number of ketones is 1. The summed E-state index contributed by atoms with van der Waals surface area (Å²) < 4.78 is 6.86. The largest absolute Gasteiger partial charge is 0.497 e. The summed E-state index contributed by atoms with van der Waals surface area (Å²) in [5.41, 5.74) is 3.75. The molecule has 0 radical (unpaired) electrons. The Hall–Kier alpha value is -3.73. The van der Waals surface area contributed by atoms with Crippen molar-refractivity contribution >= 4 is 22.5 Å². The number of fused-ring (bicyclic) bond motifs is 1. The molecule has 0 unspecified atom stereocenters. The average molecular weight is 355 g/mol. The van der Waals surface area contributed by atoms with Crippen molar-refractivity contribution in [3.63, 3.8) is 0 Å². The number of aromatic nitrogens is 3. The predicted molar refractivity (Wildman–Crippen MR) is 105 cm³/mol. The molecule has 0 atom stereocenters. The molecule has 0 saturated carbocycles. The summed E-state index contributed by atoms with van der Waals surface area (Å²) in [4.78, 5) is 12.9. The van der Waals surface area contributed by atoms with Crippen LogP contribution in [0.4, 0.5) is 0 Å². The first-order chi connectivity index (χ1) is 13.3. The van der Waals surface area contributed by atoms with Gasteiger partial charge in [-0.25, -0.2) is 4.68 Å². The van der Waals surface area contributed by atoms with E-state index < -0.39 is 0 Å². The number of para-hydroxylation sites is 1. The Balaban J connectivity index is 1.83. The zero-order valence-electron chi connectivity index (χ0n) is 14.7. The molecular formula is C22H17N3O2. The third kappa shape index (κ3) is 3.35. The number of hydrogen-bond acceptors (Lipinski definition) is 4. The van der Waals surface area contributed by atoms with E-state index in [0.29, 0.717) is 17.0 Å². The molecule has 0 saturated heterocycles. The number of carbonyl (C=O) groups is 1. The standard InChI is InChI=1S/C22H17N3O2/c1-27-18-13-11-17(12-14-18)22(26)15-21(16-7-3-2-4-8-16)25-20-10-6-5-9-19(20)23-24-25/h2-15H,1H3. The Kier molecular flexibility index (Phi) is 4.49. The summed E-state index contributed by atoms with van der Waals surface area (Å²) in [5.74, 6) is 0.595. The highest BCUT2D eigenvalue weighted by atomic mass is 16.5. The van der Waals surface area contributed by atoms with E-state index >= 15 is 0 Å². The summed E-state index contributed by atoms with van der Waals surface area (Å²) in [6.45, 7) is 0. The van der Waals surface area contributed by atoms with Crippen molar-refractivity contribution < 1.29 is 9.53 Å². The van der Waals surface area contributed by atoms with Gasteiger partial charge < -0.3 is 4.74 Å². The van der Waals surface area contributed by atoms with Crippen molar-refractivity contribution in [2.75, 3.05) is 7.11 Å². The molecular weight excluding hydrogens is 338 g/mol. The highest BCUT2D eigenvalue weighted by Crippen LogP contribution is 2.22. The Labute approximate surface area is 156 Å². The maximum absolute atomic E-state index is 12.9. The van der Waals surface area contributed by atoms with Crippen LogP contribution in [0.25, 0.3) is 16.7 Å². The molecule has 0 fully saturated rings. The fraction of sp³-hybridized carbons (Fsp3) is 0.0455. The number of ether oxygens (including phenoxy) is 1. The Morgan fingerprint density at radius 2 is 1.59 bits per heavy atom. The molecule has 0 bridgehead atoms. The van der Waals surface area contributed by atoms with Gasteiger partial charge in [0.05, 0.1) is 18.3 Å². The van der Waals surface area contributed by atoms with Crippen LogP contribution < -0.4 is 4.74 Å². The number of hydrogen-bond donors (Lipinski definition) is 0. The lowest BCUT2D eigenvalue weighted by molar-refractivity contribution is 0.104. The molecule has 0 aliphatic rings. The third-order valence-electron chi connectivity index (χ3n) is 4.29. The van der Waals surface area contributed by atoms with E-state index in [4.69, 9.17) is 4.74 Å². The third-order valence-corrected chi connectivity index (χ3v) is 4.29. The van der Waals surface area contributed by atoms with Crippen LogP contribution in [0, 0.1) is 0 Å². The molecule has 27 heavy (non-hydrogen) atoms. The van der Waals surface area contributed by atoms with Gasteiger partial charge in [-0.2, -0.15) is 0 Å². The predicted octanol–water partition coefficient (Wildman–Crippen LogP) is 4.21. The molecule has 1 heterocycles. The molecule has 5 heteroatoms. The molecule has 0 N–H and O–H groups in total. The van der Waals surface area contributed by atoms with E-state index in [1.54, 1.807) is 42.1 Å². The smallest absolute Gasteiger partial charge is 0.188 e. The summed E-state index contributed by atoms with van der Waals surface area (Å²) in [6.07, 6.45) is 1.60. The van der Waals surface area contributed by atoms with E-state index in [9.17, 15) is 4.79 Å². The van der Waals surface area contributed by atoms with Crippen molar-refractivity contribution in [3.05, 3.63) is 96.1 Å². The quantitative estimate of drug-likeness (QED) is 0.397. The van der Waals surface area contributed by atoms with Crippen molar-refractivity contribution in [1.29, 1.82) is 0 Å². The summed E-state index contributed by atoms with van der Waals surface area (Å²) in [6, 6.07) is 24.4. The van der Waals surface area contributed by atoms with Crippen molar-refractivity contribution in [2.45, 2.75) is 0 Å². The highest BCUT2D eigenvalue weighted by Gasteiger charge is 2.13. The minimum atomic E-state index is -0.115. The van der Waals surface area contributed by atoms with Crippen LogP contribution in [0.3, 0.4) is 0 Å². The SMILES string of the molecule is COc1ccc(C(=O)C=C(c2ccccc2)n2nnc3ccccc32)cc1. The summed E-state index contributed by atoms with van der Waals surface area (Å²) >= 11 is 0. The first-order valence-electron chi connectivity index (χ1n) is 8.52. The maximum atomic E-state index is 12.9. The highest BCUT2D eigenvalue weighted by molar-refractivity contribution is 6.09. The van der Waals surface area contributed by atoms with Crippen LogP contribution in [0.15, 0.2) is 84.9 Å². The van der Waals surface area contributed by atoms with Crippen LogP contribution in [-0.4, -0.2) is 27.9 Å². The van der Waals surface area contributed by atoms with Gasteiger partial charge in [0, 0.05) is 17.2 Å². The van der Waals surface area contributed by atoms with Crippen molar-refractivity contribution in [3.8, 4) is 5.75 Å². The van der Waals surface area contributed by atoms with Crippen LogP contribution in [0.2, 0.25) is 0 Å². The van der Waals surface area contributed by atoms with E-state index in [1.807, 2.05) is 54.6 Å². The van der Waals surface area contributed by atoms with Crippen molar-refractivity contribution in [2.24, 2.45) is 0 Å². The number of methoxy groups -OCH3 is 1. The lowest BCUT2D eigenvalue weighted by Crippen LogP contribution is -2.05. The monoisotopic (exact) mass is 355 g/mol.